The van der Waals surface area contributed by atoms with Gasteiger partial charge in [-0.3, -0.25) is 0 Å². The fraction of sp³-hybridized carbons (Fsp3) is 0.125. The molecule has 0 saturated carbocycles. The zero-order valence-corrected chi connectivity index (χ0v) is 13.6. The second-order valence-electron chi connectivity index (χ2n) is 5.27. The first-order valence-corrected chi connectivity index (χ1v) is 8.51. The molecular formula is C16H16N2O5S. The maximum absolute atomic E-state index is 11.8. The average molecular weight is 348 g/mol. The van der Waals surface area contributed by atoms with Crippen LogP contribution in [0.4, 0.5) is 5.69 Å². The van der Waals surface area contributed by atoms with E-state index in [2.05, 4.69) is 0 Å². The van der Waals surface area contributed by atoms with Crippen molar-refractivity contribution in [1.29, 1.82) is 0 Å². The molecule has 0 bridgehead atoms. The second-order valence-corrected chi connectivity index (χ2v) is 6.81. The summed E-state index contributed by atoms with van der Waals surface area (Å²) in [5.74, 6) is 0.0596. The molecule has 126 valence electrons. The third-order valence-electron chi connectivity index (χ3n) is 3.58. The Morgan fingerprint density at radius 3 is 2.29 bits per heavy atom. The lowest BCUT2D eigenvalue weighted by molar-refractivity contribution is 0.392. The zero-order valence-electron chi connectivity index (χ0n) is 12.8. The highest BCUT2D eigenvalue weighted by molar-refractivity contribution is 7.91. The van der Waals surface area contributed by atoms with Gasteiger partial charge in [-0.2, -0.15) is 8.42 Å². The first kappa shape index (κ1) is 16.0. The molecule has 8 heteroatoms. The molecule has 24 heavy (non-hydrogen) atoms. The maximum atomic E-state index is 11.8. The fourth-order valence-corrected chi connectivity index (χ4v) is 3.50. The number of aliphatic hydroxyl groups excluding tert-OH is 1. The lowest BCUT2D eigenvalue weighted by atomic mass is 10.0. The largest absolute Gasteiger partial charge is 0.506 e. The molecule has 0 unspecified atom stereocenters. The van der Waals surface area contributed by atoms with Gasteiger partial charge >= 0.3 is 10.2 Å². The quantitative estimate of drug-likeness (QED) is 0.785. The molecule has 2 aromatic rings. The second kappa shape index (κ2) is 5.97. The highest BCUT2D eigenvalue weighted by Gasteiger charge is 2.30. The van der Waals surface area contributed by atoms with Gasteiger partial charge < -0.3 is 14.9 Å². The van der Waals surface area contributed by atoms with Gasteiger partial charge in [0, 0.05) is 0 Å². The fourth-order valence-electron chi connectivity index (χ4n) is 2.43. The molecule has 0 aliphatic carbocycles. The lowest BCUT2D eigenvalue weighted by Gasteiger charge is -2.16. The highest BCUT2D eigenvalue weighted by atomic mass is 32.2. The average Bonchev–Trinajstić information content (AvgIpc) is 2.81. The van der Waals surface area contributed by atoms with Crippen molar-refractivity contribution in [1.82, 2.24) is 4.72 Å². The van der Waals surface area contributed by atoms with Gasteiger partial charge in [-0.25, -0.2) is 9.03 Å². The van der Waals surface area contributed by atoms with Gasteiger partial charge in [0.2, 0.25) is 5.88 Å². The minimum Gasteiger partial charge on any atom is -0.506 e. The van der Waals surface area contributed by atoms with E-state index >= 15 is 0 Å². The van der Waals surface area contributed by atoms with Crippen LogP contribution in [0.3, 0.4) is 0 Å². The Hall–Kier alpha value is -2.87. The van der Waals surface area contributed by atoms with E-state index in [0.717, 1.165) is 27.4 Å². The van der Waals surface area contributed by atoms with E-state index in [0.29, 0.717) is 6.42 Å². The molecule has 1 heterocycles. The van der Waals surface area contributed by atoms with Crippen LogP contribution in [0.1, 0.15) is 11.1 Å². The predicted molar refractivity (Wildman–Crippen MR) is 89.2 cm³/mol. The number of phenols is 1. The number of benzene rings is 2. The molecule has 0 fully saturated rings. The van der Waals surface area contributed by atoms with Crippen molar-refractivity contribution in [2.75, 3.05) is 11.4 Å². The van der Waals surface area contributed by atoms with E-state index in [1.165, 1.54) is 12.1 Å². The molecule has 1 aliphatic rings. The topological polar surface area (TPSA) is 99.1 Å². The number of anilines is 1. The van der Waals surface area contributed by atoms with Gasteiger partial charge in [-0.15, -0.1) is 0 Å². The SMILES string of the molecule is COc1ccc(Cc2ccc(N3C=C(O)NS3(=O)=O)c(O)c2)cc1. The predicted octanol–water partition coefficient (Wildman–Crippen LogP) is 2.00. The minimum absolute atomic E-state index is 0.0602. The number of phenolic OH excluding ortho intramolecular Hbond substituents is 1. The van der Waals surface area contributed by atoms with E-state index in [4.69, 9.17) is 4.74 Å². The standard InChI is InChI=1S/C16H16N2O5S/c1-23-13-5-2-11(3-6-13)8-12-4-7-14(15(19)9-12)18-10-16(20)17-24(18,21)22/h2-7,9-10,17,19-20H,8H2,1H3. The smallest absolute Gasteiger partial charge is 0.330 e. The molecule has 7 nitrogen and oxygen atoms in total. The molecule has 0 aromatic heterocycles. The molecular weight excluding hydrogens is 332 g/mol. The Balaban J connectivity index is 1.84. The van der Waals surface area contributed by atoms with Gasteiger partial charge in [0.1, 0.15) is 17.2 Å². The van der Waals surface area contributed by atoms with E-state index < -0.39 is 16.1 Å². The number of hydrogen-bond acceptors (Lipinski definition) is 5. The summed E-state index contributed by atoms with van der Waals surface area (Å²) in [5.41, 5.74) is 1.90. The van der Waals surface area contributed by atoms with Crippen molar-refractivity contribution >= 4 is 15.9 Å². The van der Waals surface area contributed by atoms with Gasteiger partial charge in [0.15, 0.2) is 0 Å². The number of aromatic hydroxyl groups is 1. The Labute approximate surface area is 139 Å². The van der Waals surface area contributed by atoms with Crippen LogP contribution in [0, 0.1) is 0 Å². The minimum atomic E-state index is -3.92. The van der Waals surface area contributed by atoms with Crippen LogP contribution in [-0.2, 0) is 16.6 Å². The van der Waals surface area contributed by atoms with Crippen LogP contribution >= 0.6 is 0 Å². The summed E-state index contributed by atoms with van der Waals surface area (Å²) in [7, 11) is -2.33. The molecule has 0 radical (unpaired) electrons. The zero-order chi connectivity index (χ0) is 17.3. The first-order chi connectivity index (χ1) is 11.4. The van der Waals surface area contributed by atoms with Gasteiger partial charge in [0.25, 0.3) is 0 Å². The lowest BCUT2D eigenvalue weighted by Crippen LogP contribution is -2.29. The molecule has 0 spiro atoms. The Morgan fingerprint density at radius 2 is 1.75 bits per heavy atom. The van der Waals surface area contributed by atoms with Crippen molar-refractivity contribution < 1.29 is 23.4 Å². The van der Waals surface area contributed by atoms with Crippen molar-refractivity contribution in [3.05, 3.63) is 65.7 Å². The number of methoxy groups -OCH3 is 1. The van der Waals surface area contributed by atoms with Gasteiger partial charge in [0.05, 0.1) is 13.3 Å². The number of rotatable bonds is 4. The third kappa shape index (κ3) is 3.09. The highest BCUT2D eigenvalue weighted by Crippen LogP contribution is 2.33. The summed E-state index contributed by atoms with van der Waals surface area (Å²) < 4.78 is 31.5. The van der Waals surface area contributed by atoms with E-state index in [1.807, 2.05) is 29.0 Å². The Morgan fingerprint density at radius 1 is 1.08 bits per heavy atom. The normalized spacial score (nSPS) is 15.7. The van der Waals surface area contributed by atoms with Crippen LogP contribution in [0.5, 0.6) is 11.5 Å². The Bertz CT molecular complexity index is 891. The Kier molecular flexibility index (Phi) is 3.98. The number of ether oxygens (including phenoxy) is 1. The van der Waals surface area contributed by atoms with Crippen molar-refractivity contribution in [2.45, 2.75) is 6.42 Å². The first-order valence-electron chi connectivity index (χ1n) is 7.07. The van der Waals surface area contributed by atoms with Crippen LogP contribution in [0.15, 0.2) is 54.5 Å². The van der Waals surface area contributed by atoms with Gasteiger partial charge in [-0.05, 0) is 41.8 Å². The number of nitrogens with zero attached hydrogens (tertiary/aromatic N) is 1. The molecule has 0 amide bonds. The number of hydrogen-bond donors (Lipinski definition) is 3. The third-order valence-corrected chi connectivity index (χ3v) is 4.86. The van der Waals surface area contributed by atoms with Gasteiger partial charge in [-0.1, -0.05) is 18.2 Å². The molecule has 0 saturated heterocycles. The van der Waals surface area contributed by atoms with E-state index in [9.17, 15) is 18.6 Å². The monoisotopic (exact) mass is 348 g/mol. The number of aliphatic hydroxyl groups is 1. The summed E-state index contributed by atoms with van der Waals surface area (Å²) in [6, 6.07) is 12.2. The van der Waals surface area contributed by atoms with Crippen LogP contribution < -0.4 is 13.8 Å². The van der Waals surface area contributed by atoms with E-state index in [1.54, 1.807) is 13.2 Å². The molecule has 3 rings (SSSR count). The summed E-state index contributed by atoms with van der Waals surface area (Å²) in [6.07, 6.45) is 1.57. The molecule has 0 atom stereocenters. The van der Waals surface area contributed by atoms with Crippen molar-refractivity contribution in [2.24, 2.45) is 0 Å². The molecule has 2 aromatic carbocycles. The van der Waals surface area contributed by atoms with Crippen molar-refractivity contribution in [3.8, 4) is 11.5 Å². The summed E-state index contributed by atoms with van der Waals surface area (Å²) in [5, 5.41) is 19.5. The van der Waals surface area contributed by atoms with Crippen LogP contribution in [-0.4, -0.2) is 25.7 Å². The van der Waals surface area contributed by atoms with Crippen molar-refractivity contribution in [3.63, 3.8) is 0 Å². The number of nitrogens with one attached hydrogen (secondary N) is 1. The van der Waals surface area contributed by atoms with E-state index in [-0.39, 0.29) is 11.4 Å². The van der Waals surface area contributed by atoms with Crippen LogP contribution in [0.2, 0.25) is 0 Å². The molecule has 3 N–H and O–H groups in total. The maximum Gasteiger partial charge on any atom is 0.330 e. The summed E-state index contributed by atoms with van der Waals surface area (Å²) in [6.45, 7) is 0. The summed E-state index contributed by atoms with van der Waals surface area (Å²) >= 11 is 0. The van der Waals surface area contributed by atoms with Crippen LogP contribution in [0.25, 0.3) is 0 Å². The summed E-state index contributed by atoms with van der Waals surface area (Å²) in [4.78, 5) is 0. The molecule has 1 aliphatic heterocycles.